The Labute approximate surface area is 154 Å². The molecule has 0 atom stereocenters. The summed E-state index contributed by atoms with van der Waals surface area (Å²) < 4.78 is 1.61. The van der Waals surface area contributed by atoms with Crippen LogP contribution in [0.5, 0.6) is 0 Å². The Kier molecular flexibility index (Phi) is 4.51. The molecule has 1 aliphatic heterocycles. The molecule has 0 spiro atoms. The van der Waals surface area contributed by atoms with E-state index in [1.807, 2.05) is 6.07 Å². The van der Waals surface area contributed by atoms with Crippen LogP contribution in [0.3, 0.4) is 0 Å². The van der Waals surface area contributed by atoms with Gasteiger partial charge in [-0.25, -0.2) is 9.50 Å². The largest absolute Gasteiger partial charge is 0.338 e. The number of fused-ring (bicyclic) bond motifs is 1. The summed E-state index contributed by atoms with van der Waals surface area (Å²) in [7, 11) is 0. The first-order valence-electron chi connectivity index (χ1n) is 8.34. The van der Waals surface area contributed by atoms with Crippen molar-refractivity contribution in [2.75, 3.05) is 36.4 Å². The van der Waals surface area contributed by atoms with Crippen molar-refractivity contribution in [2.24, 2.45) is 0 Å². The number of nitriles is 1. The third-order valence-corrected chi connectivity index (χ3v) is 5.02. The summed E-state index contributed by atoms with van der Waals surface area (Å²) in [6, 6.07) is 5.59. The van der Waals surface area contributed by atoms with Gasteiger partial charge >= 0.3 is 0 Å². The van der Waals surface area contributed by atoms with Crippen molar-refractivity contribution in [2.45, 2.75) is 6.42 Å². The monoisotopic (exact) mass is 367 g/mol. The molecule has 1 aliphatic rings. The molecule has 1 saturated heterocycles. The van der Waals surface area contributed by atoms with Crippen LogP contribution in [0.1, 0.15) is 22.5 Å². The highest BCUT2D eigenvalue weighted by atomic mass is 32.1. The summed E-state index contributed by atoms with van der Waals surface area (Å²) in [5.74, 6) is 0.307. The fourth-order valence-corrected chi connectivity index (χ4v) is 3.63. The van der Waals surface area contributed by atoms with Crippen LogP contribution in [0.25, 0.3) is 5.52 Å². The van der Waals surface area contributed by atoms with E-state index in [0.29, 0.717) is 22.9 Å². The second kappa shape index (κ2) is 7.11. The van der Waals surface area contributed by atoms with E-state index in [9.17, 15) is 4.79 Å². The maximum absolute atomic E-state index is 12.7. The lowest BCUT2D eigenvalue weighted by molar-refractivity contribution is 0.102. The summed E-state index contributed by atoms with van der Waals surface area (Å²) in [5, 5.41) is 23.3. The van der Waals surface area contributed by atoms with Crippen LogP contribution in [-0.2, 0) is 0 Å². The number of amides is 1. The van der Waals surface area contributed by atoms with Gasteiger partial charge in [0, 0.05) is 30.4 Å². The predicted molar refractivity (Wildman–Crippen MR) is 99.7 cm³/mol. The normalized spacial score (nSPS) is 14.8. The van der Waals surface area contributed by atoms with E-state index in [-0.39, 0.29) is 5.91 Å². The Balaban J connectivity index is 1.64. The van der Waals surface area contributed by atoms with Gasteiger partial charge in [-0.15, -0.1) is 16.4 Å². The first kappa shape index (κ1) is 16.5. The molecule has 4 rings (SSSR count). The average molecular weight is 367 g/mol. The lowest BCUT2D eigenvalue weighted by Crippen LogP contribution is -2.30. The number of anilines is 2. The quantitative estimate of drug-likeness (QED) is 0.731. The highest BCUT2D eigenvalue weighted by Gasteiger charge is 2.17. The van der Waals surface area contributed by atoms with Gasteiger partial charge in [-0.3, -0.25) is 4.79 Å². The zero-order valence-corrected chi connectivity index (χ0v) is 14.8. The van der Waals surface area contributed by atoms with Crippen LogP contribution in [0, 0.1) is 11.3 Å². The molecule has 8 nitrogen and oxygen atoms in total. The second-order valence-electron chi connectivity index (χ2n) is 5.97. The van der Waals surface area contributed by atoms with Crippen LogP contribution in [0.4, 0.5) is 11.6 Å². The van der Waals surface area contributed by atoms with Crippen molar-refractivity contribution in [1.82, 2.24) is 19.9 Å². The highest BCUT2D eigenvalue weighted by molar-refractivity contribution is 7.08. The van der Waals surface area contributed by atoms with E-state index in [2.05, 4.69) is 31.7 Å². The van der Waals surface area contributed by atoms with Crippen LogP contribution in [0.15, 0.2) is 29.1 Å². The molecule has 132 valence electrons. The lowest BCUT2D eigenvalue weighted by atomic mass is 10.3. The molecule has 3 aromatic heterocycles. The van der Waals surface area contributed by atoms with Crippen molar-refractivity contribution < 1.29 is 4.79 Å². The molecule has 2 N–H and O–H groups in total. The Bertz CT molecular complexity index is 979. The van der Waals surface area contributed by atoms with E-state index in [1.165, 1.54) is 11.3 Å². The van der Waals surface area contributed by atoms with E-state index in [4.69, 9.17) is 5.26 Å². The topological polar surface area (TPSA) is 98.3 Å². The molecule has 0 radical (unpaired) electrons. The minimum absolute atomic E-state index is 0.304. The number of hydrogen-bond donors (Lipinski definition) is 2. The molecule has 0 unspecified atom stereocenters. The molecule has 4 heterocycles. The fourth-order valence-electron chi connectivity index (χ4n) is 2.92. The summed E-state index contributed by atoms with van der Waals surface area (Å²) in [4.78, 5) is 19.2. The van der Waals surface area contributed by atoms with Gasteiger partial charge in [0.05, 0.1) is 23.0 Å². The van der Waals surface area contributed by atoms with Crippen LogP contribution in [-0.4, -0.2) is 46.7 Å². The van der Waals surface area contributed by atoms with Crippen molar-refractivity contribution >= 4 is 34.4 Å². The SMILES string of the molecule is N#Cc1cscc1NC(=O)c1ccc2cnc(N3CCCNCC3)nn12. The number of hydrogen-bond acceptors (Lipinski definition) is 7. The lowest BCUT2D eigenvalue weighted by Gasteiger charge is -2.19. The minimum Gasteiger partial charge on any atom is -0.338 e. The van der Waals surface area contributed by atoms with Gasteiger partial charge in [-0.2, -0.15) is 5.26 Å². The molecular formula is C17H17N7OS. The van der Waals surface area contributed by atoms with E-state index in [1.54, 1.807) is 27.5 Å². The maximum Gasteiger partial charge on any atom is 0.274 e. The summed E-state index contributed by atoms with van der Waals surface area (Å²) >= 11 is 1.37. The van der Waals surface area contributed by atoms with Gasteiger partial charge < -0.3 is 15.5 Å². The number of aromatic nitrogens is 3. The standard InChI is InChI=1S/C17H17N7OS/c18-8-12-10-26-11-14(12)21-16(25)15-3-2-13-9-20-17(22-24(13)15)23-6-1-4-19-5-7-23/h2-3,9-11,19H,1,4-7H2,(H,21,25). The number of carbonyl (C=O) groups is 1. The van der Waals surface area contributed by atoms with E-state index in [0.717, 1.165) is 38.1 Å². The molecule has 1 fully saturated rings. The van der Waals surface area contributed by atoms with Crippen LogP contribution < -0.4 is 15.5 Å². The van der Waals surface area contributed by atoms with Gasteiger partial charge in [0.15, 0.2) is 0 Å². The molecule has 0 bridgehead atoms. The second-order valence-corrected chi connectivity index (χ2v) is 6.71. The third-order valence-electron chi connectivity index (χ3n) is 4.27. The minimum atomic E-state index is -0.304. The zero-order valence-electron chi connectivity index (χ0n) is 14.0. The van der Waals surface area contributed by atoms with E-state index < -0.39 is 0 Å². The number of carbonyl (C=O) groups excluding carboxylic acids is 1. The molecule has 0 saturated carbocycles. The van der Waals surface area contributed by atoms with Crippen molar-refractivity contribution in [3.05, 3.63) is 40.3 Å². The van der Waals surface area contributed by atoms with Gasteiger partial charge in [-0.05, 0) is 25.1 Å². The Morgan fingerprint density at radius 2 is 2.23 bits per heavy atom. The smallest absolute Gasteiger partial charge is 0.274 e. The Hall–Kier alpha value is -2.96. The molecule has 3 aromatic rings. The third kappa shape index (κ3) is 3.12. The van der Waals surface area contributed by atoms with Gasteiger partial charge in [0.1, 0.15) is 11.8 Å². The number of nitrogens with one attached hydrogen (secondary N) is 2. The first-order chi connectivity index (χ1) is 12.8. The predicted octanol–water partition coefficient (Wildman–Crippen LogP) is 1.71. The summed E-state index contributed by atoms with van der Waals surface area (Å²) in [6.45, 7) is 3.57. The number of rotatable bonds is 3. The molecule has 9 heteroatoms. The Morgan fingerprint density at radius 3 is 3.12 bits per heavy atom. The van der Waals surface area contributed by atoms with Gasteiger partial charge in [0.2, 0.25) is 5.95 Å². The van der Waals surface area contributed by atoms with Crippen molar-refractivity contribution in [3.63, 3.8) is 0 Å². The Morgan fingerprint density at radius 1 is 1.31 bits per heavy atom. The average Bonchev–Trinajstić information content (AvgIpc) is 3.19. The van der Waals surface area contributed by atoms with Gasteiger partial charge in [0.25, 0.3) is 5.91 Å². The van der Waals surface area contributed by atoms with Crippen LogP contribution in [0.2, 0.25) is 0 Å². The molecular weight excluding hydrogens is 350 g/mol. The first-order valence-corrected chi connectivity index (χ1v) is 9.28. The molecule has 26 heavy (non-hydrogen) atoms. The number of nitrogens with zero attached hydrogens (tertiary/aromatic N) is 5. The molecule has 0 aliphatic carbocycles. The molecule has 1 amide bonds. The number of thiophene rings is 1. The van der Waals surface area contributed by atoms with Crippen molar-refractivity contribution in [1.29, 1.82) is 5.26 Å². The maximum atomic E-state index is 12.7. The zero-order chi connectivity index (χ0) is 17.9. The molecule has 0 aromatic carbocycles. The summed E-state index contributed by atoms with van der Waals surface area (Å²) in [5.41, 5.74) is 2.13. The van der Waals surface area contributed by atoms with Gasteiger partial charge in [-0.1, -0.05) is 0 Å². The van der Waals surface area contributed by atoms with Crippen molar-refractivity contribution in [3.8, 4) is 6.07 Å². The fraction of sp³-hybridized carbons (Fsp3) is 0.294. The van der Waals surface area contributed by atoms with E-state index >= 15 is 0 Å². The summed E-state index contributed by atoms with van der Waals surface area (Å²) in [6.07, 6.45) is 2.75. The highest BCUT2D eigenvalue weighted by Crippen LogP contribution is 2.21. The van der Waals surface area contributed by atoms with Crippen LogP contribution >= 0.6 is 11.3 Å².